The summed E-state index contributed by atoms with van der Waals surface area (Å²) in [6.07, 6.45) is 7.71. The maximum atomic E-state index is 13.2. The first-order valence-electron chi connectivity index (χ1n) is 14.5. The number of hydrogen-bond acceptors (Lipinski definition) is 11. The van der Waals surface area contributed by atoms with Gasteiger partial charge in [0.15, 0.2) is 11.8 Å². The number of esters is 1. The zero-order valence-corrected chi connectivity index (χ0v) is 25.6. The number of tetrazole rings is 1. The minimum absolute atomic E-state index is 0.00359. The maximum Gasteiger partial charge on any atom is 0.328 e. The number of carbonyl (C=O) groups excluding carboxylic acids is 3. The number of ether oxygens (including phenoxy) is 2. The van der Waals surface area contributed by atoms with E-state index in [1.54, 1.807) is 37.1 Å². The topological polar surface area (TPSA) is 174 Å². The van der Waals surface area contributed by atoms with Crippen LogP contribution in [0.4, 0.5) is 5.69 Å². The highest BCUT2D eigenvalue weighted by atomic mass is 16.5. The average molecular weight is 625 g/mol. The van der Waals surface area contributed by atoms with Gasteiger partial charge in [-0.3, -0.25) is 9.59 Å². The number of allylic oxidation sites excluding steroid dienone is 1. The number of fused-ring (bicyclic) bond motifs is 2. The number of amides is 1. The van der Waals surface area contributed by atoms with Crippen molar-refractivity contribution in [1.29, 1.82) is 0 Å². The number of aromatic amines is 1. The van der Waals surface area contributed by atoms with Gasteiger partial charge in [0.25, 0.3) is 11.5 Å². The predicted molar refractivity (Wildman–Crippen MR) is 166 cm³/mol. The van der Waals surface area contributed by atoms with Crippen LogP contribution in [0.1, 0.15) is 52.0 Å². The Morgan fingerprint density at radius 2 is 2.00 bits per heavy atom. The second-order valence-corrected chi connectivity index (χ2v) is 10.7. The highest BCUT2D eigenvalue weighted by molar-refractivity contribution is 5.97. The molecular weight excluding hydrogens is 592 g/mol. The number of carbonyl (C=O) groups is 2. The van der Waals surface area contributed by atoms with Gasteiger partial charge in [-0.1, -0.05) is 5.92 Å². The minimum Gasteiger partial charge on any atom is -0.488 e. The van der Waals surface area contributed by atoms with E-state index < -0.39 is 17.9 Å². The monoisotopic (exact) mass is 624 g/mol. The first-order valence-corrected chi connectivity index (χ1v) is 14.5. The summed E-state index contributed by atoms with van der Waals surface area (Å²) in [5, 5.41) is 14.7. The Hall–Kier alpha value is -5.80. The van der Waals surface area contributed by atoms with Crippen LogP contribution in [-0.4, -0.2) is 74.8 Å². The number of anilines is 1. The molecule has 2 N–H and O–H groups in total. The van der Waals surface area contributed by atoms with E-state index in [9.17, 15) is 19.2 Å². The van der Waals surface area contributed by atoms with Crippen molar-refractivity contribution >= 4 is 34.4 Å². The SMILES string of the molecule is C#CCN(c1ccc(C(=O)N[C@@H](CCc2nnnn2CC(=C=O)OC)C(=O)OC)cc1)C1CCc2cc3nc(C)[nH]c(=O)c3cc21. The molecule has 236 valence electrons. The summed E-state index contributed by atoms with van der Waals surface area (Å²) in [4.78, 5) is 58.8. The van der Waals surface area contributed by atoms with E-state index >= 15 is 0 Å². The molecule has 1 unspecified atom stereocenters. The van der Waals surface area contributed by atoms with E-state index in [4.69, 9.17) is 15.9 Å². The van der Waals surface area contributed by atoms with E-state index in [2.05, 4.69) is 41.6 Å². The number of methoxy groups -OCH3 is 2. The third-order valence-corrected chi connectivity index (χ3v) is 7.94. The van der Waals surface area contributed by atoms with Crippen LogP contribution in [0.25, 0.3) is 10.9 Å². The standard InChI is InChI=1S/C32H32N8O6/c1-5-14-39(28-12-8-21-15-27-25(16-24(21)28)31(43)34-19(2)33-27)22-9-6-20(7-10-22)30(42)35-26(32(44)46-4)11-13-29-36-37-38-40(29)17-23(18-41)45-3/h1,6-7,9-10,15-16,26,28H,8,11-14,17H2,2-4H3,(H,35,42)(H,33,34,43)/t26-,28?/m0/s1. The third-order valence-electron chi connectivity index (χ3n) is 7.94. The molecule has 0 spiro atoms. The van der Waals surface area contributed by atoms with Crippen molar-refractivity contribution in [2.75, 3.05) is 25.7 Å². The van der Waals surface area contributed by atoms with Crippen molar-refractivity contribution in [3.63, 3.8) is 0 Å². The Bertz CT molecular complexity index is 1920. The fourth-order valence-electron chi connectivity index (χ4n) is 5.65. The molecule has 14 heteroatoms. The van der Waals surface area contributed by atoms with E-state index in [1.807, 2.05) is 12.1 Å². The molecular formula is C32H32N8O6. The van der Waals surface area contributed by atoms with Gasteiger partial charge in [-0.05, 0) is 84.1 Å². The van der Waals surface area contributed by atoms with E-state index in [1.165, 1.54) is 18.9 Å². The fourth-order valence-corrected chi connectivity index (χ4v) is 5.65. The summed E-state index contributed by atoms with van der Waals surface area (Å²) in [7, 11) is 2.57. The lowest BCUT2D eigenvalue weighted by atomic mass is 10.0. The molecule has 1 amide bonds. The quantitative estimate of drug-likeness (QED) is 0.101. The summed E-state index contributed by atoms with van der Waals surface area (Å²) in [5.41, 5.74) is 3.76. The van der Waals surface area contributed by atoms with Gasteiger partial charge in [0.2, 0.25) is 5.76 Å². The van der Waals surface area contributed by atoms with Gasteiger partial charge in [0.05, 0.1) is 37.7 Å². The van der Waals surface area contributed by atoms with Gasteiger partial charge >= 0.3 is 5.97 Å². The van der Waals surface area contributed by atoms with Crippen LogP contribution in [-0.2, 0) is 38.4 Å². The number of nitrogens with one attached hydrogen (secondary N) is 2. The van der Waals surface area contributed by atoms with E-state index in [0.29, 0.717) is 34.7 Å². The molecule has 2 heterocycles. The fraction of sp³-hybridized carbons (Fsp3) is 0.344. The van der Waals surface area contributed by atoms with Crippen molar-refractivity contribution in [3.05, 3.63) is 80.9 Å². The van der Waals surface area contributed by atoms with Gasteiger partial charge in [0, 0.05) is 17.7 Å². The molecule has 1 aliphatic rings. The Labute approximate surface area is 263 Å². The number of benzene rings is 2. The first-order chi connectivity index (χ1) is 22.3. The number of hydrogen-bond donors (Lipinski definition) is 2. The smallest absolute Gasteiger partial charge is 0.328 e. The zero-order chi connectivity index (χ0) is 32.8. The first kappa shape index (κ1) is 31.6. The normalized spacial score (nSPS) is 14.1. The number of nitrogens with zero attached hydrogens (tertiary/aromatic N) is 6. The Morgan fingerprint density at radius 1 is 1.22 bits per heavy atom. The lowest BCUT2D eigenvalue weighted by Gasteiger charge is -2.30. The molecule has 2 aromatic heterocycles. The third kappa shape index (κ3) is 6.64. The summed E-state index contributed by atoms with van der Waals surface area (Å²) in [5.74, 6) is 4.24. The molecule has 1 aliphatic carbocycles. The highest BCUT2D eigenvalue weighted by Gasteiger charge is 2.30. The molecule has 46 heavy (non-hydrogen) atoms. The number of terminal acetylenes is 1. The molecule has 0 fully saturated rings. The molecule has 0 bridgehead atoms. The van der Waals surface area contributed by atoms with Crippen molar-refractivity contribution < 1.29 is 23.9 Å². The van der Waals surface area contributed by atoms with Crippen LogP contribution in [0.5, 0.6) is 0 Å². The molecule has 2 aromatic carbocycles. The highest BCUT2D eigenvalue weighted by Crippen LogP contribution is 2.39. The van der Waals surface area contributed by atoms with E-state index in [0.717, 1.165) is 29.7 Å². The summed E-state index contributed by atoms with van der Waals surface area (Å²) < 4.78 is 11.2. The Kier molecular flexibility index (Phi) is 9.54. The number of H-pyrrole nitrogens is 1. The second-order valence-electron chi connectivity index (χ2n) is 10.7. The van der Waals surface area contributed by atoms with Gasteiger partial charge < -0.3 is 24.7 Å². The van der Waals surface area contributed by atoms with Crippen molar-refractivity contribution in [2.45, 2.75) is 51.2 Å². The van der Waals surface area contributed by atoms with Crippen molar-refractivity contribution in [2.24, 2.45) is 0 Å². The van der Waals surface area contributed by atoms with Crippen LogP contribution in [0.2, 0.25) is 0 Å². The Morgan fingerprint density at radius 3 is 2.70 bits per heavy atom. The van der Waals surface area contributed by atoms with Gasteiger partial charge in [-0.2, -0.15) is 0 Å². The Balaban J connectivity index is 1.31. The predicted octanol–water partition coefficient (Wildman–Crippen LogP) is 1.61. The molecule has 4 aromatic rings. The van der Waals surface area contributed by atoms with E-state index in [-0.39, 0.29) is 36.7 Å². The van der Waals surface area contributed by atoms with Gasteiger partial charge in [-0.15, -0.1) is 11.5 Å². The number of rotatable bonds is 12. The van der Waals surface area contributed by atoms with Gasteiger partial charge in [-0.25, -0.2) is 19.3 Å². The maximum absolute atomic E-state index is 13.2. The van der Waals surface area contributed by atoms with Crippen LogP contribution in [0.3, 0.4) is 0 Å². The van der Waals surface area contributed by atoms with Crippen LogP contribution in [0.15, 0.2) is 47.0 Å². The van der Waals surface area contributed by atoms with Crippen LogP contribution in [0, 0.1) is 19.3 Å². The van der Waals surface area contributed by atoms with Crippen LogP contribution >= 0.6 is 0 Å². The largest absolute Gasteiger partial charge is 0.488 e. The lowest BCUT2D eigenvalue weighted by Crippen LogP contribution is -2.42. The summed E-state index contributed by atoms with van der Waals surface area (Å²) in [6, 6.07) is 9.75. The number of aryl methyl sites for hydroxylation is 3. The van der Waals surface area contributed by atoms with Crippen LogP contribution < -0.4 is 15.8 Å². The average Bonchev–Trinajstić information content (AvgIpc) is 3.69. The summed E-state index contributed by atoms with van der Waals surface area (Å²) >= 11 is 0. The molecule has 2 atom stereocenters. The molecule has 0 radical (unpaired) electrons. The molecule has 0 saturated heterocycles. The second kappa shape index (κ2) is 13.9. The minimum atomic E-state index is -0.991. The molecule has 0 aliphatic heterocycles. The lowest BCUT2D eigenvalue weighted by molar-refractivity contribution is -0.143. The molecule has 5 rings (SSSR count). The number of aromatic nitrogens is 6. The van der Waals surface area contributed by atoms with Gasteiger partial charge in [0.1, 0.15) is 18.4 Å². The molecule has 14 nitrogen and oxygen atoms in total. The molecule has 0 saturated carbocycles. The zero-order valence-electron chi connectivity index (χ0n) is 25.6. The van der Waals surface area contributed by atoms with Crippen molar-refractivity contribution in [3.8, 4) is 12.3 Å². The summed E-state index contributed by atoms with van der Waals surface area (Å²) in [6.45, 7) is 2.04. The van der Waals surface area contributed by atoms with Crippen molar-refractivity contribution in [1.82, 2.24) is 35.5 Å².